The molecule has 1 saturated heterocycles. The zero-order valence-corrected chi connectivity index (χ0v) is 9.89. The van der Waals surface area contributed by atoms with Crippen molar-refractivity contribution in [2.45, 2.75) is 12.8 Å². The molecule has 2 rings (SSSR count). The molecule has 6 N–H and O–H groups in total. The van der Waals surface area contributed by atoms with Gasteiger partial charge >= 0.3 is 0 Å². The number of primary amides is 1. The third-order valence-corrected chi connectivity index (χ3v) is 2.56. The molecule has 0 aromatic carbocycles. The molecule has 1 aliphatic heterocycles. The average Bonchev–Trinajstić information content (AvgIpc) is 2.89. The molecule has 0 saturated carbocycles. The van der Waals surface area contributed by atoms with E-state index in [9.17, 15) is 4.79 Å². The lowest BCUT2D eigenvalue weighted by atomic mass is 10.4. The molecule has 1 amide bonds. The first-order valence-electron chi connectivity index (χ1n) is 5.69. The molecule has 98 valence electrons. The quantitative estimate of drug-likeness (QED) is 0.373. The van der Waals surface area contributed by atoms with Crippen LogP contribution in [0.15, 0.2) is 0 Å². The Labute approximate surface area is 104 Å². The molecule has 0 radical (unpaired) electrons. The van der Waals surface area contributed by atoms with Crippen LogP contribution in [-0.4, -0.2) is 40.5 Å². The average molecular weight is 252 g/mol. The van der Waals surface area contributed by atoms with E-state index in [1.54, 1.807) is 0 Å². The highest BCUT2D eigenvalue weighted by molar-refractivity contribution is 5.78. The summed E-state index contributed by atoms with van der Waals surface area (Å²) in [6.07, 6.45) is 2.22. The lowest BCUT2D eigenvalue weighted by molar-refractivity contribution is -0.116. The van der Waals surface area contributed by atoms with Crippen LogP contribution in [0.3, 0.4) is 0 Å². The second-order valence-electron chi connectivity index (χ2n) is 3.94. The van der Waals surface area contributed by atoms with Crippen molar-refractivity contribution in [3.63, 3.8) is 0 Å². The Balaban J connectivity index is 2.18. The van der Waals surface area contributed by atoms with Crippen LogP contribution < -0.4 is 27.2 Å². The van der Waals surface area contributed by atoms with Crippen LogP contribution in [0, 0.1) is 0 Å². The second kappa shape index (κ2) is 5.45. The van der Waals surface area contributed by atoms with Crippen molar-refractivity contribution in [1.82, 2.24) is 15.0 Å². The molecule has 1 aromatic heterocycles. The molecular formula is C9H16N8O. The highest BCUT2D eigenvalue weighted by Crippen LogP contribution is 2.17. The van der Waals surface area contributed by atoms with Gasteiger partial charge in [-0.05, 0) is 12.8 Å². The van der Waals surface area contributed by atoms with Crippen LogP contribution in [0.4, 0.5) is 17.8 Å². The first-order valence-corrected chi connectivity index (χ1v) is 5.69. The standard InChI is InChI=1S/C9H16N8O/c10-6(18)5-12-7-13-8(16-11)15-9(14-7)17-3-1-2-4-17/h1-5,11H2,(H2,10,18)(H2,12,13,14,15,16). The van der Waals surface area contributed by atoms with Gasteiger partial charge in [0.15, 0.2) is 0 Å². The van der Waals surface area contributed by atoms with Crippen LogP contribution in [0.5, 0.6) is 0 Å². The summed E-state index contributed by atoms with van der Waals surface area (Å²) in [5, 5.41) is 2.72. The first-order chi connectivity index (χ1) is 8.69. The number of hydrogen-bond donors (Lipinski definition) is 4. The topological polar surface area (TPSA) is 135 Å². The van der Waals surface area contributed by atoms with Crippen molar-refractivity contribution in [3.8, 4) is 0 Å². The van der Waals surface area contributed by atoms with Gasteiger partial charge in [0.25, 0.3) is 0 Å². The second-order valence-corrected chi connectivity index (χ2v) is 3.94. The van der Waals surface area contributed by atoms with Crippen molar-refractivity contribution in [3.05, 3.63) is 0 Å². The van der Waals surface area contributed by atoms with Gasteiger partial charge in [-0.15, -0.1) is 0 Å². The number of aromatic nitrogens is 3. The fraction of sp³-hybridized carbons (Fsp3) is 0.556. The largest absolute Gasteiger partial charge is 0.368 e. The summed E-state index contributed by atoms with van der Waals surface area (Å²) in [6, 6.07) is 0. The third kappa shape index (κ3) is 2.94. The number of carbonyl (C=O) groups excluding carboxylic acids is 1. The SMILES string of the molecule is NNc1nc(NCC(N)=O)nc(N2CCCC2)n1. The lowest BCUT2D eigenvalue weighted by Crippen LogP contribution is -2.26. The van der Waals surface area contributed by atoms with Crippen molar-refractivity contribution < 1.29 is 4.79 Å². The highest BCUT2D eigenvalue weighted by atomic mass is 16.1. The van der Waals surface area contributed by atoms with Gasteiger partial charge in [-0.2, -0.15) is 15.0 Å². The number of nitrogen functional groups attached to an aromatic ring is 1. The minimum atomic E-state index is -0.486. The Kier molecular flexibility index (Phi) is 3.72. The van der Waals surface area contributed by atoms with Crippen molar-refractivity contribution in [2.24, 2.45) is 11.6 Å². The number of hydrazine groups is 1. The van der Waals surface area contributed by atoms with Gasteiger partial charge in [0.05, 0.1) is 6.54 Å². The number of amides is 1. The molecule has 0 atom stereocenters. The van der Waals surface area contributed by atoms with E-state index < -0.39 is 5.91 Å². The summed E-state index contributed by atoms with van der Waals surface area (Å²) >= 11 is 0. The summed E-state index contributed by atoms with van der Waals surface area (Å²) in [5.74, 6) is 5.89. The molecular weight excluding hydrogens is 236 g/mol. The van der Waals surface area contributed by atoms with Crippen LogP contribution in [0.1, 0.15) is 12.8 Å². The van der Waals surface area contributed by atoms with E-state index in [0.29, 0.717) is 5.95 Å². The Hall–Kier alpha value is -2.16. The van der Waals surface area contributed by atoms with Gasteiger partial charge in [0.2, 0.25) is 23.8 Å². The van der Waals surface area contributed by atoms with Crippen LogP contribution in [0.25, 0.3) is 0 Å². The zero-order chi connectivity index (χ0) is 13.0. The smallest absolute Gasteiger partial charge is 0.243 e. The molecule has 0 spiro atoms. The molecule has 0 bridgehead atoms. The van der Waals surface area contributed by atoms with Crippen molar-refractivity contribution >= 4 is 23.8 Å². The van der Waals surface area contributed by atoms with Crippen molar-refractivity contribution in [2.75, 3.05) is 35.3 Å². The summed E-state index contributed by atoms with van der Waals surface area (Å²) in [6.45, 7) is 1.78. The van der Waals surface area contributed by atoms with E-state index >= 15 is 0 Å². The first kappa shape index (κ1) is 12.3. The maximum absolute atomic E-state index is 10.7. The number of rotatable bonds is 5. The molecule has 2 heterocycles. The predicted molar refractivity (Wildman–Crippen MR) is 66.8 cm³/mol. The molecule has 9 nitrogen and oxygen atoms in total. The molecule has 1 fully saturated rings. The van der Waals surface area contributed by atoms with Gasteiger partial charge in [-0.3, -0.25) is 10.2 Å². The Morgan fingerprint density at radius 1 is 1.22 bits per heavy atom. The van der Waals surface area contributed by atoms with Gasteiger partial charge in [0, 0.05) is 13.1 Å². The Morgan fingerprint density at radius 3 is 2.50 bits per heavy atom. The summed E-state index contributed by atoms with van der Waals surface area (Å²) in [4.78, 5) is 25.1. The summed E-state index contributed by atoms with van der Waals surface area (Å²) in [5.41, 5.74) is 7.42. The predicted octanol–water partition coefficient (Wildman–Crippen LogP) is -1.35. The number of nitrogens with zero attached hydrogens (tertiary/aromatic N) is 4. The van der Waals surface area contributed by atoms with Crippen molar-refractivity contribution in [1.29, 1.82) is 0 Å². The number of nitrogens with two attached hydrogens (primary N) is 2. The molecule has 1 aliphatic rings. The normalized spacial score (nSPS) is 14.6. The van der Waals surface area contributed by atoms with E-state index in [1.807, 2.05) is 4.90 Å². The molecule has 0 unspecified atom stereocenters. The number of nitrogens with one attached hydrogen (secondary N) is 2. The van der Waals surface area contributed by atoms with Crippen LogP contribution >= 0.6 is 0 Å². The zero-order valence-electron chi connectivity index (χ0n) is 9.89. The van der Waals surface area contributed by atoms with Crippen LogP contribution in [0.2, 0.25) is 0 Å². The molecule has 0 aliphatic carbocycles. The van der Waals surface area contributed by atoms with E-state index in [2.05, 4.69) is 25.7 Å². The van der Waals surface area contributed by atoms with Gasteiger partial charge in [-0.1, -0.05) is 0 Å². The third-order valence-electron chi connectivity index (χ3n) is 2.56. The van der Waals surface area contributed by atoms with Gasteiger partial charge in [0.1, 0.15) is 0 Å². The van der Waals surface area contributed by atoms with Crippen LogP contribution in [-0.2, 0) is 4.79 Å². The Morgan fingerprint density at radius 2 is 1.89 bits per heavy atom. The maximum atomic E-state index is 10.7. The van der Waals surface area contributed by atoms with E-state index in [-0.39, 0.29) is 18.4 Å². The maximum Gasteiger partial charge on any atom is 0.243 e. The fourth-order valence-corrected chi connectivity index (χ4v) is 1.73. The number of anilines is 3. The van der Waals surface area contributed by atoms with Gasteiger partial charge < -0.3 is 16.0 Å². The monoisotopic (exact) mass is 252 g/mol. The number of carbonyl (C=O) groups is 1. The Bertz CT molecular complexity index is 431. The lowest BCUT2D eigenvalue weighted by Gasteiger charge is -2.16. The van der Waals surface area contributed by atoms with E-state index in [1.165, 1.54) is 0 Å². The highest BCUT2D eigenvalue weighted by Gasteiger charge is 2.17. The minimum Gasteiger partial charge on any atom is -0.368 e. The minimum absolute atomic E-state index is 0.0343. The summed E-state index contributed by atoms with van der Waals surface area (Å²) in [7, 11) is 0. The molecule has 18 heavy (non-hydrogen) atoms. The molecule has 1 aromatic rings. The fourth-order valence-electron chi connectivity index (χ4n) is 1.73. The number of hydrogen-bond acceptors (Lipinski definition) is 8. The summed E-state index contributed by atoms with van der Waals surface area (Å²) < 4.78 is 0. The molecule has 9 heteroatoms. The van der Waals surface area contributed by atoms with E-state index in [4.69, 9.17) is 11.6 Å². The van der Waals surface area contributed by atoms with Gasteiger partial charge in [-0.25, -0.2) is 5.84 Å². The van der Waals surface area contributed by atoms with E-state index in [0.717, 1.165) is 25.9 Å².